The average Bonchev–Trinajstić information content (AvgIpc) is 3.35. The van der Waals surface area contributed by atoms with E-state index in [1.165, 1.54) is 5.56 Å². The van der Waals surface area contributed by atoms with Crippen molar-refractivity contribution in [3.63, 3.8) is 0 Å². The van der Waals surface area contributed by atoms with Gasteiger partial charge in [0.1, 0.15) is 0 Å². The number of hydrogen-bond acceptors (Lipinski definition) is 2. The van der Waals surface area contributed by atoms with Crippen molar-refractivity contribution in [3.8, 4) is 0 Å². The minimum atomic E-state index is -0.00222. The zero-order valence-electron chi connectivity index (χ0n) is 13.5. The second-order valence-electron chi connectivity index (χ2n) is 6.30. The maximum atomic E-state index is 12.2. The van der Waals surface area contributed by atoms with Gasteiger partial charge >= 0.3 is 0 Å². The molecule has 3 aromatic rings. The molecule has 4 nitrogen and oxygen atoms in total. The van der Waals surface area contributed by atoms with Gasteiger partial charge in [-0.2, -0.15) is 5.10 Å². The molecule has 24 heavy (non-hydrogen) atoms. The van der Waals surface area contributed by atoms with E-state index in [9.17, 15) is 4.79 Å². The van der Waals surface area contributed by atoms with Gasteiger partial charge in [-0.1, -0.05) is 48.5 Å². The minimum Gasteiger partial charge on any atom is -0.358 e. The van der Waals surface area contributed by atoms with Crippen LogP contribution in [0.2, 0.25) is 0 Å². The van der Waals surface area contributed by atoms with Crippen molar-refractivity contribution in [2.45, 2.75) is 19.3 Å². The zero-order valence-corrected chi connectivity index (χ0v) is 13.5. The van der Waals surface area contributed by atoms with Gasteiger partial charge in [-0.3, -0.25) is 4.79 Å². The lowest BCUT2D eigenvalue weighted by Gasteiger charge is -2.00. The van der Waals surface area contributed by atoms with E-state index in [-0.39, 0.29) is 11.8 Å². The van der Waals surface area contributed by atoms with Crippen LogP contribution >= 0.6 is 0 Å². The number of aromatic amines is 1. The van der Waals surface area contributed by atoms with E-state index < -0.39 is 0 Å². The largest absolute Gasteiger partial charge is 0.358 e. The molecule has 4 heteroatoms. The highest BCUT2D eigenvalue weighted by Gasteiger charge is 2.43. The molecule has 0 radical (unpaired) electrons. The molecule has 1 heterocycles. The summed E-state index contributed by atoms with van der Waals surface area (Å²) in [5, 5.41) is 5.28. The fourth-order valence-corrected chi connectivity index (χ4v) is 3.26. The number of carbonyl (C=O) groups excluding carboxylic acids is 1. The third kappa shape index (κ3) is 2.71. The van der Waals surface area contributed by atoms with E-state index in [0.717, 1.165) is 28.6 Å². The lowest BCUT2D eigenvalue weighted by Crippen LogP contribution is -2.20. The normalized spacial score (nSPS) is 19.7. The zero-order chi connectivity index (χ0) is 16.5. The molecule has 1 fully saturated rings. The number of aromatic nitrogens is 1. The van der Waals surface area contributed by atoms with E-state index >= 15 is 0 Å². The van der Waals surface area contributed by atoms with E-state index in [4.69, 9.17) is 0 Å². The van der Waals surface area contributed by atoms with Crippen LogP contribution in [-0.2, 0) is 4.79 Å². The van der Waals surface area contributed by atoms with Gasteiger partial charge in [0.2, 0.25) is 5.91 Å². The number of para-hydroxylation sites is 1. The van der Waals surface area contributed by atoms with Gasteiger partial charge in [-0.05, 0) is 30.9 Å². The summed E-state index contributed by atoms with van der Waals surface area (Å²) in [4.78, 5) is 15.6. The number of carbonyl (C=O) groups is 1. The first-order valence-corrected chi connectivity index (χ1v) is 8.19. The molecule has 4 rings (SSSR count). The first-order chi connectivity index (χ1) is 11.7. The monoisotopic (exact) mass is 317 g/mol. The quantitative estimate of drug-likeness (QED) is 0.559. The first kappa shape index (κ1) is 14.7. The van der Waals surface area contributed by atoms with Crippen LogP contribution in [0.5, 0.6) is 0 Å². The van der Waals surface area contributed by atoms with E-state index in [2.05, 4.69) is 27.6 Å². The smallest absolute Gasteiger partial charge is 0.243 e. The van der Waals surface area contributed by atoms with Crippen LogP contribution in [0.1, 0.15) is 29.2 Å². The molecule has 0 saturated heterocycles. The summed E-state index contributed by atoms with van der Waals surface area (Å²) >= 11 is 0. The van der Waals surface area contributed by atoms with Crippen molar-refractivity contribution in [3.05, 3.63) is 71.4 Å². The summed E-state index contributed by atoms with van der Waals surface area (Å²) in [7, 11) is 0. The molecule has 2 atom stereocenters. The highest BCUT2D eigenvalue weighted by molar-refractivity contribution is 6.00. The number of hydrazone groups is 1. The number of nitrogens with one attached hydrogen (secondary N) is 2. The number of H-pyrrole nitrogens is 1. The standard InChI is InChI=1S/C20H19N3O/c1-13-18(15-9-5-6-10-19(15)22-13)12-21-23-20(24)17-11-16(17)14-7-3-2-4-8-14/h2-10,12,16-17,22H,11H2,1H3,(H,23,24)/b21-12-/t16-,17+/m1/s1. The van der Waals surface area contributed by atoms with Crippen molar-refractivity contribution in [2.75, 3.05) is 0 Å². The van der Waals surface area contributed by atoms with Gasteiger partial charge in [0.15, 0.2) is 0 Å². The fraction of sp³-hybridized carbons (Fsp3) is 0.200. The fourth-order valence-electron chi connectivity index (χ4n) is 3.26. The molecule has 1 saturated carbocycles. The average molecular weight is 317 g/mol. The Bertz CT molecular complexity index is 911. The Hall–Kier alpha value is -2.88. The molecule has 1 aromatic heterocycles. The highest BCUT2D eigenvalue weighted by Crippen LogP contribution is 2.47. The number of fused-ring (bicyclic) bond motifs is 1. The van der Waals surface area contributed by atoms with Crippen LogP contribution in [0.4, 0.5) is 0 Å². The van der Waals surface area contributed by atoms with Crippen LogP contribution in [0.15, 0.2) is 59.7 Å². The SMILES string of the molecule is Cc1[nH]c2ccccc2c1/C=N\NC(=O)[C@H]1C[C@@H]1c1ccccc1. The first-order valence-electron chi connectivity index (χ1n) is 8.19. The van der Waals surface area contributed by atoms with Crippen molar-refractivity contribution < 1.29 is 4.79 Å². The van der Waals surface area contributed by atoms with Crippen molar-refractivity contribution in [1.29, 1.82) is 0 Å². The van der Waals surface area contributed by atoms with Gasteiger partial charge in [-0.25, -0.2) is 5.43 Å². The van der Waals surface area contributed by atoms with E-state index in [1.807, 2.05) is 49.4 Å². The number of aryl methyl sites for hydroxylation is 1. The summed E-state index contributed by atoms with van der Waals surface area (Å²) in [6.45, 7) is 2.01. The van der Waals surface area contributed by atoms with Crippen LogP contribution in [0.25, 0.3) is 10.9 Å². The van der Waals surface area contributed by atoms with Crippen molar-refractivity contribution in [2.24, 2.45) is 11.0 Å². The Labute approximate surface area is 140 Å². The maximum Gasteiger partial charge on any atom is 0.243 e. The highest BCUT2D eigenvalue weighted by atomic mass is 16.2. The lowest BCUT2D eigenvalue weighted by atomic mass is 10.1. The molecule has 1 aliphatic rings. The minimum absolute atomic E-state index is 0.00222. The Balaban J connectivity index is 1.43. The molecular weight excluding hydrogens is 298 g/mol. The number of rotatable bonds is 4. The Kier molecular flexibility index (Phi) is 3.65. The van der Waals surface area contributed by atoms with Gasteiger partial charge < -0.3 is 4.98 Å². The van der Waals surface area contributed by atoms with E-state index in [0.29, 0.717) is 5.92 Å². The Morgan fingerprint density at radius 2 is 1.92 bits per heavy atom. The second-order valence-corrected chi connectivity index (χ2v) is 6.30. The molecule has 120 valence electrons. The molecule has 0 aliphatic heterocycles. The molecule has 0 spiro atoms. The molecule has 2 aromatic carbocycles. The number of nitrogens with zero attached hydrogens (tertiary/aromatic N) is 1. The predicted octanol–water partition coefficient (Wildman–Crippen LogP) is 3.73. The molecule has 0 unspecified atom stereocenters. The Morgan fingerprint density at radius 1 is 1.17 bits per heavy atom. The number of hydrogen-bond donors (Lipinski definition) is 2. The Morgan fingerprint density at radius 3 is 2.75 bits per heavy atom. The van der Waals surface area contributed by atoms with Gasteiger partial charge in [0.25, 0.3) is 0 Å². The molecule has 1 aliphatic carbocycles. The molecule has 0 bridgehead atoms. The van der Waals surface area contributed by atoms with Crippen LogP contribution in [0, 0.1) is 12.8 Å². The van der Waals surface area contributed by atoms with Gasteiger partial charge in [0.05, 0.1) is 6.21 Å². The third-order valence-corrected chi connectivity index (χ3v) is 4.67. The summed E-state index contributed by atoms with van der Waals surface area (Å²) < 4.78 is 0. The third-order valence-electron chi connectivity index (χ3n) is 4.67. The van der Waals surface area contributed by atoms with Crippen LogP contribution in [0.3, 0.4) is 0 Å². The van der Waals surface area contributed by atoms with Crippen molar-refractivity contribution in [1.82, 2.24) is 10.4 Å². The summed E-state index contributed by atoms with van der Waals surface area (Å²) in [5.74, 6) is 0.363. The molecule has 1 amide bonds. The summed E-state index contributed by atoms with van der Waals surface area (Å²) in [6.07, 6.45) is 2.63. The topological polar surface area (TPSA) is 57.2 Å². The molecular formula is C20H19N3O. The summed E-state index contributed by atoms with van der Waals surface area (Å²) in [5.41, 5.74) is 7.06. The van der Waals surface area contributed by atoms with Gasteiger partial charge in [0, 0.05) is 28.1 Å². The van der Waals surface area contributed by atoms with Crippen LogP contribution < -0.4 is 5.43 Å². The number of benzene rings is 2. The second kappa shape index (κ2) is 5.96. The van der Waals surface area contributed by atoms with Gasteiger partial charge in [-0.15, -0.1) is 0 Å². The van der Waals surface area contributed by atoms with E-state index in [1.54, 1.807) is 6.21 Å². The van der Waals surface area contributed by atoms with Crippen molar-refractivity contribution >= 4 is 23.0 Å². The maximum absolute atomic E-state index is 12.2. The summed E-state index contributed by atoms with van der Waals surface area (Å²) in [6, 6.07) is 18.3. The lowest BCUT2D eigenvalue weighted by molar-refractivity contribution is -0.122. The molecule has 2 N–H and O–H groups in total. The van der Waals surface area contributed by atoms with Crippen LogP contribution in [-0.4, -0.2) is 17.1 Å². The predicted molar refractivity (Wildman–Crippen MR) is 96.1 cm³/mol. The number of amides is 1.